The number of para-hydroxylation sites is 1. The van der Waals surface area contributed by atoms with Crippen molar-refractivity contribution in [2.45, 2.75) is 32.2 Å². The fourth-order valence-corrected chi connectivity index (χ4v) is 2.10. The molecular formula is C14H20N6O. The lowest BCUT2D eigenvalue weighted by Gasteiger charge is -2.17. The van der Waals surface area contributed by atoms with Crippen LogP contribution in [0.4, 0.5) is 0 Å². The van der Waals surface area contributed by atoms with Gasteiger partial charge in [0.2, 0.25) is 0 Å². The molecule has 0 aliphatic carbocycles. The minimum Gasteiger partial charge on any atom is -0.348 e. The van der Waals surface area contributed by atoms with Crippen molar-refractivity contribution in [3.05, 3.63) is 36.2 Å². The van der Waals surface area contributed by atoms with Gasteiger partial charge < -0.3 is 11.1 Å². The molecule has 1 aromatic heterocycles. The number of nitrogens with zero attached hydrogens (tertiary/aromatic N) is 4. The molecule has 0 bridgehead atoms. The molecule has 0 aliphatic rings. The Balaban J connectivity index is 2.16. The number of unbranched alkanes of at least 4 members (excludes halogenated alkanes) is 1. The summed E-state index contributed by atoms with van der Waals surface area (Å²) in [5.41, 5.74) is 6.89. The zero-order valence-electron chi connectivity index (χ0n) is 12.1. The number of carbonyl (C=O) groups is 1. The average Bonchev–Trinajstić information content (AvgIpc) is 3.05. The Morgan fingerprint density at radius 1 is 1.43 bits per heavy atom. The highest BCUT2D eigenvalue weighted by atomic mass is 16.1. The summed E-state index contributed by atoms with van der Waals surface area (Å²) in [5.74, 6) is -0.160. The summed E-state index contributed by atoms with van der Waals surface area (Å²) < 4.78 is 1.47. The summed E-state index contributed by atoms with van der Waals surface area (Å²) in [4.78, 5) is 12.4. The SMILES string of the molecule is CCCCC(CN)NC(=O)c1ccccc1-n1cnnn1. The molecule has 0 saturated heterocycles. The van der Waals surface area contributed by atoms with Gasteiger partial charge in [-0.15, -0.1) is 5.10 Å². The molecule has 0 radical (unpaired) electrons. The quantitative estimate of drug-likeness (QED) is 0.789. The molecular weight excluding hydrogens is 268 g/mol. The standard InChI is InChI=1S/C14H20N6O/c1-2-3-6-11(9-15)17-14(21)12-7-4-5-8-13(12)20-10-16-18-19-20/h4-5,7-8,10-11H,2-3,6,9,15H2,1H3,(H,17,21). The smallest absolute Gasteiger partial charge is 0.253 e. The number of benzene rings is 1. The highest BCUT2D eigenvalue weighted by Crippen LogP contribution is 2.13. The first-order chi connectivity index (χ1) is 10.3. The van der Waals surface area contributed by atoms with Crippen molar-refractivity contribution >= 4 is 5.91 Å². The monoisotopic (exact) mass is 288 g/mol. The van der Waals surface area contributed by atoms with E-state index in [9.17, 15) is 4.79 Å². The lowest BCUT2D eigenvalue weighted by atomic mass is 10.1. The number of nitrogens with one attached hydrogen (secondary N) is 1. The number of amides is 1. The maximum atomic E-state index is 12.4. The average molecular weight is 288 g/mol. The molecule has 7 nitrogen and oxygen atoms in total. The maximum Gasteiger partial charge on any atom is 0.253 e. The molecule has 1 unspecified atom stereocenters. The Morgan fingerprint density at radius 3 is 2.90 bits per heavy atom. The predicted octanol–water partition coefficient (Wildman–Crippen LogP) is 0.910. The van der Waals surface area contributed by atoms with Crippen LogP contribution in [0, 0.1) is 0 Å². The number of hydrogen-bond acceptors (Lipinski definition) is 5. The molecule has 1 aromatic carbocycles. The van der Waals surface area contributed by atoms with Crippen molar-refractivity contribution in [2.24, 2.45) is 5.73 Å². The highest BCUT2D eigenvalue weighted by Gasteiger charge is 2.16. The Kier molecular flexibility index (Phi) is 5.39. The fraction of sp³-hybridized carbons (Fsp3) is 0.429. The van der Waals surface area contributed by atoms with Crippen molar-refractivity contribution in [3.8, 4) is 5.69 Å². The van der Waals surface area contributed by atoms with E-state index in [1.807, 2.05) is 12.1 Å². The Morgan fingerprint density at radius 2 is 2.24 bits per heavy atom. The van der Waals surface area contributed by atoms with Crippen LogP contribution in [0.25, 0.3) is 5.69 Å². The zero-order chi connectivity index (χ0) is 15.1. The third-order valence-electron chi connectivity index (χ3n) is 3.27. The van der Waals surface area contributed by atoms with Gasteiger partial charge in [0.05, 0.1) is 11.3 Å². The minimum absolute atomic E-state index is 0.0145. The van der Waals surface area contributed by atoms with Crippen molar-refractivity contribution in [3.63, 3.8) is 0 Å². The van der Waals surface area contributed by atoms with Crippen molar-refractivity contribution in [2.75, 3.05) is 6.54 Å². The summed E-state index contributed by atoms with van der Waals surface area (Å²) >= 11 is 0. The molecule has 0 aliphatic heterocycles. The second-order valence-electron chi connectivity index (χ2n) is 4.82. The number of aromatic nitrogens is 4. The first-order valence-electron chi connectivity index (χ1n) is 7.09. The Hall–Kier alpha value is -2.28. The third kappa shape index (κ3) is 3.85. The van der Waals surface area contributed by atoms with E-state index in [1.165, 1.54) is 11.0 Å². The van der Waals surface area contributed by atoms with Gasteiger partial charge >= 0.3 is 0 Å². The first-order valence-corrected chi connectivity index (χ1v) is 7.09. The van der Waals surface area contributed by atoms with Crippen LogP contribution in [-0.2, 0) is 0 Å². The van der Waals surface area contributed by atoms with Crippen LogP contribution in [0.2, 0.25) is 0 Å². The lowest BCUT2D eigenvalue weighted by Crippen LogP contribution is -2.40. The van der Waals surface area contributed by atoms with Crippen molar-refractivity contribution in [1.29, 1.82) is 0 Å². The number of hydrogen-bond donors (Lipinski definition) is 2. The molecule has 1 amide bonds. The van der Waals surface area contributed by atoms with Crippen LogP contribution in [0.15, 0.2) is 30.6 Å². The fourth-order valence-electron chi connectivity index (χ4n) is 2.10. The molecule has 7 heteroatoms. The summed E-state index contributed by atoms with van der Waals surface area (Å²) in [6.45, 7) is 2.54. The van der Waals surface area contributed by atoms with Crippen LogP contribution in [-0.4, -0.2) is 38.7 Å². The molecule has 0 fully saturated rings. The molecule has 3 N–H and O–H groups in total. The van der Waals surface area contributed by atoms with E-state index in [1.54, 1.807) is 12.1 Å². The largest absolute Gasteiger partial charge is 0.348 e. The molecule has 112 valence electrons. The van der Waals surface area contributed by atoms with Gasteiger partial charge in [0.15, 0.2) is 0 Å². The van der Waals surface area contributed by atoms with Crippen LogP contribution in [0.5, 0.6) is 0 Å². The van der Waals surface area contributed by atoms with Crippen LogP contribution in [0.1, 0.15) is 36.5 Å². The topological polar surface area (TPSA) is 98.7 Å². The molecule has 21 heavy (non-hydrogen) atoms. The normalized spacial score (nSPS) is 12.1. The number of carbonyl (C=O) groups excluding carboxylic acids is 1. The van der Waals surface area contributed by atoms with E-state index in [-0.39, 0.29) is 11.9 Å². The minimum atomic E-state index is -0.160. The molecule has 1 atom stereocenters. The van der Waals surface area contributed by atoms with Crippen LogP contribution in [0.3, 0.4) is 0 Å². The van der Waals surface area contributed by atoms with E-state index < -0.39 is 0 Å². The highest BCUT2D eigenvalue weighted by molar-refractivity contribution is 5.97. The van der Waals surface area contributed by atoms with E-state index in [0.717, 1.165) is 19.3 Å². The van der Waals surface area contributed by atoms with Gasteiger partial charge in [-0.2, -0.15) is 4.68 Å². The molecule has 1 heterocycles. The van der Waals surface area contributed by atoms with E-state index >= 15 is 0 Å². The van der Waals surface area contributed by atoms with Crippen LogP contribution < -0.4 is 11.1 Å². The molecule has 2 rings (SSSR count). The Labute approximate surface area is 123 Å². The van der Waals surface area contributed by atoms with Crippen molar-refractivity contribution < 1.29 is 4.79 Å². The molecule has 0 saturated carbocycles. The Bertz CT molecular complexity index is 569. The van der Waals surface area contributed by atoms with E-state index in [0.29, 0.717) is 17.8 Å². The lowest BCUT2D eigenvalue weighted by molar-refractivity contribution is 0.0935. The summed E-state index contributed by atoms with van der Waals surface area (Å²) in [7, 11) is 0. The van der Waals surface area contributed by atoms with Gasteiger partial charge in [0.25, 0.3) is 5.91 Å². The predicted molar refractivity (Wildman–Crippen MR) is 79.0 cm³/mol. The van der Waals surface area contributed by atoms with Gasteiger partial charge in [-0.25, -0.2) is 0 Å². The van der Waals surface area contributed by atoms with Crippen LogP contribution >= 0.6 is 0 Å². The maximum absolute atomic E-state index is 12.4. The number of rotatable bonds is 7. The summed E-state index contributed by atoms with van der Waals surface area (Å²) in [5, 5.41) is 14.0. The van der Waals surface area contributed by atoms with E-state index in [2.05, 4.69) is 27.8 Å². The third-order valence-corrected chi connectivity index (χ3v) is 3.27. The van der Waals surface area contributed by atoms with Crippen molar-refractivity contribution in [1.82, 2.24) is 25.5 Å². The van der Waals surface area contributed by atoms with Gasteiger partial charge in [-0.1, -0.05) is 31.9 Å². The summed E-state index contributed by atoms with van der Waals surface area (Å²) in [6.07, 6.45) is 4.46. The first kappa shape index (κ1) is 15.1. The number of nitrogens with two attached hydrogens (primary N) is 1. The zero-order valence-corrected chi connectivity index (χ0v) is 12.1. The second kappa shape index (κ2) is 7.49. The van der Waals surface area contributed by atoms with E-state index in [4.69, 9.17) is 5.73 Å². The summed E-state index contributed by atoms with van der Waals surface area (Å²) in [6, 6.07) is 7.19. The van der Waals surface area contributed by atoms with Gasteiger partial charge in [-0.05, 0) is 29.0 Å². The molecule has 0 spiro atoms. The van der Waals surface area contributed by atoms with Gasteiger partial charge in [0.1, 0.15) is 6.33 Å². The number of tetrazole rings is 1. The molecule has 2 aromatic rings. The van der Waals surface area contributed by atoms with Gasteiger partial charge in [-0.3, -0.25) is 4.79 Å². The van der Waals surface area contributed by atoms with Gasteiger partial charge in [0, 0.05) is 12.6 Å². The second-order valence-corrected chi connectivity index (χ2v) is 4.82.